The number of hydrogen-bond donors (Lipinski definition) is 1. The number of fused-ring (bicyclic) bond motifs is 1. The summed E-state index contributed by atoms with van der Waals surface area (Å²) < 4.78 is 19.8. The number of halogens is 2. The number of rotatable bonds is 5. The maximum atomic E-state index is 13.8. The Bertz CT molecular complexity index is 1140. The van der Waals surface area contributed by atoms with Crippen molar-refractivity contribution < 1.29 is 18.7 Å². The lowest BCUT2D eigenvalue weighted by molar-refractivity contribution is -0.116. The van der Waals surface area contributed by atoms with Crippen molar-refractivity contribution in [1.29, 1.82) is 0 Å². The molecule has 0 bridgehead atoms. The van der Waals surface area contributed by atoms with Gasteiger partial charge in [-0.3, -0.25) is 14.2 Å². The lowest BCUT2D eigenvalue weighted by Crippen LogP contribution is -2.28. The molecule has 0 saturated carbocycles. The number of aryl methyl sites for hydroxylation is 1. The predicted molar refractivity (Wildman–Crippen MR) is 105 cm³/mol. The molecule has 0 aliphatic rings. The van der Waals surface area contributed by atoms with Crippen LogP contribution in [0.2, 0.25) is 5.02 Å². The van der Waals surface area contributed by atoms with Gasteiger partial charge in [0.1, 0.15) is 22.1 Å². The molecule has 146 valence electrons. The van der Waals surface area contributed by atoms with Crippen LogP contribution in [0.3, 0.4) is 0 Å². The van der Waals surface area contributed by atoms with Gasteiger partial charge in [0, 0.05) is 5.02 Å². The molecule has 3 aromatic rings. The molecule has 1 amide bonds. The van der Waals surface area contributed by atoms with Crippen molar-refractivity contribution in [3.8, 4) is 0 Å². The van der Waals surface area contributed by atoms with E-state index in [2.05, 4.69) is 10.3 Å². The van der Waals surface area contributed by atoms with Crippen LogP contribution in [0.15, 0.2) is 29.3 Å². The largest absolute Gasteiger partial charge is 0.462 e. The van der Waals surface area contributed by atoms with Gasteiger partial charge >= 0.3 is 5.97 Å². The molecule has 0 spiro atoms. The standard InChI is InChI=1S/C18H15ClFN3O4S/c1-3-27-18(26)15-9(2)14-16(28-15)21-8-23(17(14)25)7-13(24)22-12-6-10(19)4-5-11(12)20/h4-6,8H,3,7H2,1-2H3,(H,22,24). The third-order valence-corrected chi connectivity index (χ3v) is 5.31. The van der Waals surface area contributed by atoms with E-state index >= 15 is 0 Å². The topological polar surface area (TPSA) is 90.3 Å². The zero-order valence-electron chi connectivity index (χ0n) is 14.9. The summed E-state index contributed by atoms with van der Waals surface area (Å²) in [6, 6.07) is 3.76. The van der Waals surface area contributed by atoms with Crippen LogP contribution >= 0.6 is 22.9 Å². The summed E-state index contributed by atoms with van der Waals surface area (Å²) in [7, 11) is 0. The number of hydrogen-bond acceptors (Lipinski definition) is 6. The van der Waals surface area contributed by atoms with Gasteiger partial charge in [0.05, 0.1) is 24.0 Å². The highest BCUT2D eigenvalue weighted by Gasteiger charge is 2.21. The molecule has 0 saturated heterocycles. The third-order valence-electron chi connectivity index (χ3n) is 3.89. The Kier molecular flexibility index (Phi) is 5.76. The number of anilines is 1. The van der Waals surface area contributed by atoms with Gasteiger partial charge in [0.2, 0.25) is 5.91 Å². The Morgan fingerprint density at radius 1 is 1.39 bits per heavy atom. The van der Waals surface area contributed by atoms with Crippen molar-refractivity contribution in [3.63, 3.8) is 0 Å². The van der Waals surface area contributed by atoms with Gasteiger partial charge in [-0.2, -0.15) is 0 Å². The second-order valence-electron chi connectivity index (χ2n) is 5.81. The van der Waals surface area contributed by atoms with Crippen LogP contribution in [0.5, 0.6) is 0 Å². The molecule has 1 N–H and O–H groups in total. The molecule has 1 aromatic carbocycles. The second kappa shape index (κ2) is 8.07. The van der Waals surface area contributed by atoms with E-state index in [4.69, 9.17) is 16.3 Å². The molecule has 0 radical (unpaired) electrons. The molecule has 0 unspecified atom stereocenters. The summed E-state index contributed by atoms with van der Waals surface area (Å²) in [5.74, 6) is -1.79. The quantitative estimate of drug-likeness (QED) is 0.635. The number of ether oxygens (including phenoxy) is 1. The van der Waals surface area contributed by atoms with E-state index in [0.717, 1.165) is 22.0 Å². The number of nitrogens with zero attached hydrogens (tertiary/aromatic N) is 2. The van der Waals surface area contributed by atoms with Gasteiger partial charge in [-0.15, -0.1) is 11.3 Å². The fourth-order valence-corrected chi connectivity index (χ4v) is 3.81. The number of nitrogens with one attached hydrogen (secondary N) is 1. The Morgan fingerprint density at radius 2 is 2.14 bits per heavy atom. The van der Waals surface area contributed by atoms with Crippen LogP contribution in [0, 0.1) is 12.7 Å². The number of amides is 1. The normalized spacial score (nSPS) is 10.9. The van der Waals surface area contributed by atoms with Crippen molar-refractivity contribution in [1.82, 2.24) is 9.55 Å². The number of carbonyl (C=O) groups excluding carboxylic acids is 2. The number of aromatic nitrogens is 2. The van der Waals surface area contributed by atoms with E-state index in [1.165, 1.54) is 18.5 Å². The first-order valence-corrected chi connectivity index (χ1v) is 9.41. The van der Waals surface area contributed by atoms with E-state index in [1.807, 2.05) is 0 Å². The smallest absolute Gasteiger partial charge is 0.348 e. The summed E-state index contributed by atoms with van der Waals surface area (Å²) in [5.41, 5.74) is -0.112. The fraction of sp³-hybridized carbons (Fsp3) is 0.222. The average molecular weight is 424 g/mol. The minimum atomic E-state index is -0.647. The van der Waals surface area contributed by atoms with Gasteiger partial charge in [-0.05, 0) is 37.6 Å². The van der Waals surface area contributed by atoms with E-state index in [0.29, 0.717) is 15.3 Å². The minimum Gasteiger partial charge on any atom is -0.462 e. The van der Waals surface area contributed by atoms with Crippen LogP contribution < -0.4 is 10.9 Å². The van der Waals surface area contributed by atoms with Crippen LogP contribution in [0.4, 0.5) is 10.1 Å². The molecule has 7 nitrogen and oxygen atoms in total. The van der Waals surface area contributed by atoms with E-state index < -0.39 is 23.3 Å². The maximum absolute atomic E-state index is 13.8. The van der Waals surface area contributed by atoms with Crippen molar-refractivity contribution >= 4 is 50.7 Å². The van der Waals surface area contributed by atoms with E-state index in [1.54, 1.807) is 13.8 Å². The van der Waals surface area contributed by atoms with Gasteiger partial charge in [0.25, 0.3) is 5.56 Å². The third kappa shape index (κ3) is 3.90. The van der Waals surface area contributed by atoms with Gasteiger partial charge in [0.15, 0.2) is 0 Å². The van der Waals surface area contributed by atoms with Crippen molar-refractivity contribution in [2.45, 2.75) is 20.4 Å². The number of esters is 1. The Balaban J connectivity index is 1.89. The molecule has 3 rings (SSSR count). The van der Waals surface area contributed by atoms with Crippen LogP contribution in [0.1, 0.15) is 22.2 Å². The monoisotopic (exact) mass is 423 g/mol. The lowest BCUT2D eigenvalue weighted by atomic mass is 10.2. The van der Waals surface area contributed by atoms with E-state index in [-0.39, 0.29) is 29.2 Å². The fourth-order valence-electron chi connectivity index (χ4n) is 2.60. The summed E-state index contributed by atoms with van der Waals surface area (Å²) in [4.78, 5) is 41.8. The van der Waals surface area contributed by atoms with Gasteiger partial charge in [-0.1, -0.05) is 11.6 Å². The molecule has 2 aromatic heterocycles. The first-order valence-electron chi connectivity index (χ1n) is 8.22. The summed E-state index contributed by atoms with van der Waals surface area (Å²) in [6.45, 7) is 3.15. The highest BCUT2D eigenvalue weighted by atomic mass is 35.5. The SMILES string of the molecule is CCOC(=O)c1sc2ncn(CC(=O)Nc3cc(Cl)ccc3F)c(=O)c2c1C. The zero-order valence-corrected chi connectivity index (χ0v) is 16.5. The van der Waals surface area contributed by atoms with Crippen LogP contribution in [-0.4, -0.2) is 28.0 Å². The minimum absolute atomic E-state index is 0.0871. The molecule has 2 heterocycles. The zero-order chi connectivity index (χ0) is 20.4. The number of carbonyl (C=O) groups is 2. The van der Waals surface area contributed by atoms with Crippen molar-refractivity contribution in [2.24, 2.45) is 0 Å². The molecule has 0 atom stereocenters. The van der Waals surface area contributed by atoms with Crippen LogP contribution in [-0.2, 0) is 16.1 Å². The Hall–Kier alpha value is -2.78. The van der Waals surface area contributed by atoms with E-state index in [9.17, 15) is 18.8 Å². The summed E-state index contributed by atoms with van der Waals surface area (Å²) >= 11 is 6.86. The van der Waals surface area contributed by atoms with Gasteiger partial charge in [-0.25, -0.2) is 14.2 Å². The molecule has 0 aliphatic heterocycles. The molecular formula is C18H15ClFN3O4S. The molecule has 0 fully saturated rings. The first-order chi connectivity index (χ1) is 13.3. The van der Waals surface area contributed by atoms with Gasteiger partial charge < -0.3 is 10.1 Å². The summed E-state index contributed by atoms with van der Waals surface area (Å²) in [6.07, 6.45) is 1.21. The summed E-state index contributed by atoms with van der Waals surface area (Å²) in [5, 5.41) is 2.88. The van der Waals surface area contributed by atoms with Crippen LogP contribution in [0.25, 0.3) is 10.2 Å². The molecule has 10 heteroatoms. The second-order valence-corrected chi connectivity index (χ2v) is 7.24. The Labute approximate surface area is 167 Å². The number of thiophene rings is 1. The van der Waals surface area contributed by atoms with Crippen molar-refractivity contribution in [2.75, 3.05) is 11.9 Å². The lowest BCUT2D eigenvalue weighted by Gasteiger charge is -2.08. The average Bonchev–Trinajstić information content (AvgIpc) is 2.98. The van der Waals surface area contributed by atoms with Crippen molar-refractivity contribution in [3.05, 3.63) is 56.2 Å². The predicted octanol–water partition coefficient (Wildman–Crippen LogP) is 3.37. The molecular weight excluding hydrogens is 409 g/mol. The molecule has 28 heavy (non-hydrogen) atoms. The molecule has 0 aliphatic carbocycles. The highest BCUT2D eigenvalue weighted by Crippen LogP contribution is 2.27. The Morgan fingerprint density at radius 3 is 2.86 bits per heavy atom. The number of benzene rings is 1. The maximum Gasteiger partial charge on any atom is 0.348 e. The highest BCUT2D eigenvalue weighted by molar-refractivity contribution is 7.20. The first kappa shape index (κ1) is 20.0.